The van der Waals surface area contributed by atoms with Crippen molar-refractivity contribution in [3.63, 3.8) is 0 Å². The number of nitrogens with zero attached hydrogens (tertiary/aromatic N) is 1. The average molecular weight is 390 g/mol. The Kier molecular flexibility index (Phi) is 4.88. The summed E-state index contributed by atoms with van der Waals surface area (Å²) < 4.78 is 12.0. The van der Waals surface area contributed by atoms with Crippen LogP contribution in [0.5, 0.6) is 11.5 Å². The number of hydrogen-bond acceptors (Lipinski definition) is 4. The Hall–Kier alpha value is -0.490. The van der Waals surface area contributed by atoms with Crippen LogP contribution in [0.4, 0.5) is 0 Å². The minimum Gasteiger partial charge on any atom is -0.454 e. The Morgan fingerprint density at radius 2 is 1.86 bits per heavy atom. The molecule has 2 fully saturated rings. The number of rotatable bonds is 2. The first kappa shape index (κ1) is 16.4. The second-order valence-corrected chi connectivity index (χ2v) is 7.36. The Labute approximate surface area is 146 Å². The van der Waals surface area contributed by atoms with E-state index in [9.17, 15) is 0 Å². The topological polar surface area (TPSA) is 33.7 Å². The summed E-state index contributed by atoms with van der Waals surface area (Å²) in [5.41, 5.74) is 1.86. The van der Waals surface area contributed by atoms with Crippen molar-refractivity contribution in [3.05, 3.63) is 22.2 Å². The number of piperidine rings is 1. The van der Waals surface area contributed by atoms with Gasteiger partial charge in [0.1, 0.15) is 0 Å². The van der Waals surface area contributed by atoms with E-state index in [4.69, 9.17) is 9.47 Å². The van der Waals surface area contributed by atoms with Crippen LogP contribution in [-0.4, -0.2) is 37.9 Å². The van der Waals surface area contributed by atoms with Gasteiger partial charge in [0.2, 0.25) is 6.79 Å². The van der Waals surface area contributed by atoms with Gasteiger partial charge in [-0.1, -0.05) is 15.9 Å². The van der Waals surface area contributed by atoms with E-state index in [1.807, 2.05) is 6.07 Å². The van der Waals surface area contributed by atoms with Crippen molar-refractivity contribution in [2.24, 2.45) is 5.41 Å². The third kappa shape index (κ3) is 3.09. The van der Waals surface area contributed by atoms with E-state index in [1.165, 1.54) is 51.0 Å². The molecule has 22 heavy (non-hydrogen) atoms. The third-order valence-electron chi connectivity index (χ3n) is 5.12. The molecule has 3 aliphatic rings. The molecular weight excluding hydrogens is 368 g/mol. The summed E-state index contributed by atoms with van der Waals surface area (Å²) in [6.07, 6.45) is 3.99. The lowest BCUT2D eigenvalue weighted by atomic mass is 9.78. The van der Waals surface area contributed by atoms with Gasteiger partial charge in [0, 0.05) is 17.6 Å². The summed E-state index contributed by atoms with van der Waals surface area (Å²) in [4.78, 5) is 2.59. The predicted molar refractivity (Wildman–Crippen MR) is 91.9 cm³/mol. The van der Waals surface area contributed by atoms with Gasteiger partial charge in [-0.3, -0.25) is 4.90 Å². The Morgan fingerprint density at radius 3 is 2.64 bits per heavy atom. The van der Waals surface area contributed by atoms with E-state index in [2.05, 4.69) is 32.2 Å². The number of ether oxygens (including phenoxy) is 2. The molecule has 4 nitrogen and oxygen atoms in total. The van der Waals surface area contributed by atoms with Crippen molar-refractivity contribution in [2.45, 2.75) is 25.8 Å². The summed E-state index contributed by atoms with van der Waals surface area (Å²) in [6, 6.07) is 4.16. The fourth-order valence-corrected chi connectivity index (χ4v) is 4.30. The minimum atomic E-state index is 0. The molecule has 0 bridgehead atoms. The molecule has 3 heterocycles. The van der Waals surface area contributed by atoms with Crippen LogP contribution >= 0.6 is 28.3 Å². The predicted octanol–water partition coefficient (Wildman–Crippen LogP) is 3.18. The average Bonchev–Trinajstić information content (AvgIpc) is 3.08. The number of nitrogens with one attached hydrogen (secondary N) is 1. The Morgan fingerprint density at radius 1 is 1.14 bits per heavy atom. The molecule has 1 N–H and O–H groups in total. The second-order valence-electron chi connectivity index (χ2n) is 6.51. The van der Waals surface area contributed by atoms with Crippen molar-refractivity contribution in [2.75, 3.05) is 33.0 Å². The van der Waals surface area contributed by atoms with Crippen LogP contribution in [-0.2, 0) is 6.54 Å². The molecule has 1 spiro atoms. The van der Waals surface area contributed by atoms with Crippen molar-refractivity contribution >= 4 is 28.3 Å². The van der Waals surface area contributed by atoms with Crippen LogP contribution in [0, 0.1) is 5.41 Å². The van der Waals surface area contributed by atoms with Crippen molar-refractivity contribution in [1.29, 1.82) is 0 Å². The highest BCUT2D eigenvalue weighted by Crippen LogP contribution is 2.41. The quantitative estimate of drug-likeness (QED) is 0.842. The van der Waals surface area contributed by atoms with Crippen LogP contribution < -0.4 is 14.8 Å². The van der Waals surface area contributed by atoms with E-state index in [0.29, 0.717) is 12.2 Å². The molecule has 1 aromatic carbocycles. The number of likely N-dealkylation sites (tertiary alicyclic amines) is 1. The van der Waals surface area contributed by atoms with E-state index < -0.39 is 0 Å². The first-order valence-corrected chi connectivity index (χ1v) is 8.55. The van der Waals surface area contributed by atoms with E-state index >= 15 is 0 Å². The second kappa shape index (κ2) is 6.56. The molecule has 0 amide bonds. The standard InChI is InChI=1S/C16H21BrN2O2.ClH/c17-13-8-15-14(20-11-21-15)7-12(13)9-19-6-3-16(10-19)1-4-18-5-2-16;/h7-8,18H,1-6,9-11H2;1H. The van der Waals surface area contributed by atoms with E-state index in [0.717, 1.165) is 22.5 Å². The molecule has 0 unspecified atom stereocenters. The van der Waals surface area contributed by atoms with Gasteiger partial charge in [0.25, 0.3) is 0 Å². The zero-order valence-corrected chi connectivity index (χ0v) is 15.0. The van der Waals surface area contributed by atoms with Gasteiger partial charge in [-0.2, -0.15) is 0 Å². The fraction of sp³-hybridized carbons (Fsp3) is 0.625. The van der Waals surface area contributed by atoms with Crippen LogP contribution in [0.15, 0.2) is 16.6 Å². The molecule has 0 aliphatic carbocycles. The zero-order chi connectivity index (χ0) is 14.3. The fourth-order valence-electron chi connectivity index (χ4n) is 3.85. The Balaban J connectivity index is 0.00000144. The number of hydrogen-bond donors (Lipinski definition) is 1. The number of benzene rings is 1. The summed E-state index contributed by atoms with van der Waals surface area (Å²) in [6.45, 7) is 6.14. The van der Waals surface area contributed by atoms with Gasteiger partial charge in [-0.25, -0.2) is 0 Å². The molecular formula is C16H22BrClN2O2. The highest BCUT2D eigenvalue weighted by Gasteiger charge is 2.38. The number of fused-ring (bicyclic) bond motifs is 1. The maximum absolute atomic E-state index is 5.50. The zero-order valence-electron chi connectivity index (χ0n) is 12.6. The molecule has 0 radical (unpaired) electrons. The minimum absolute atomic E-state index is 0. The van der Waals surface area contributed by atoms with Crippen LogP contribution in [0.2, 0.25) is 0 Å². The highest BCUT2D eigenvalue weighted by atomic mass is 79.9. The summed E-state index contributed by atoms with van der Waals surface area (Å²) in [5, 5.41) is 3.48. The molecule has 2 saturated heterocycles. The van der Waals surface area contributed by atoms with Gasteiger partial charge in [0.05, 0.1) is 0 Å². The molecule has 4 rings (SSSR count). The molecule has 0 atom stereocenters. The van der Waals surface area contributed by atoms with Gasteiger partial charge in [0.15, 0.2) is 11.5 Å². The van der Waals surface area contributed by atoms with Gasteiger partial charge >= 0.3 is 0 Å². The molecule has 0 aromatic heterocycles. The molecule has 6 heteroatoms. The van der Waals surface area contributed by atoms with Gasteiger partial charge in [-0.05, 0) is 62.0 Å². The SMILES string of the molecule is Brc1cc2c(cc1CN1CCC3(CCNCC3)C1)OCO2.Cl. The summed E-state index contributed by atoms with van der Waals surface area (Å²) in [5.74, 6) is 1.73. The normalized spacial score (nSPS) is 22.8. The molecule has 122 valence electrons. The van der Waals surface area contributed by atoms with E-state index in [-0.39, 0.29) is 12.4 Å². The smallest absolute Gasteiger partial charge is 0.231 e. The monoisotopic (exact) mass is 388 g/mol. The lowest BCUT2D eigenvalue weighted by Crippen LogP contribution is -2.38. The molecule has 1 aromatic rings. The van der Waals surface area contributed by atoms with E-state index in [1.54, 1.807) is 0 Å². The number of halogens is 2. The van der Waals surface area contributed by atoms with Crippen LogP contribution in [0.25, 0.3) is 0 Å². The maximum atomic E-state index is 5.50. The summed E-state index contributed by atoms with van der Waals surface area (Å²) >= 11 is 3.67. The Bertz CT molecular complexity index is 549. The van der Waals surface area contributed by atoms with Crippen LogP contribution in [0.1, 0.15) is 24.8 Å². The highest BCUT2D eigenvalue weighted by molar-refractivity contribution is 9.10. The van der Waals surface area contributed by atoms with Gasteiger partial charge in [-0.15, -0.1) is 12.4 Å². The molecule has 0 saturated carbocycles. The first-order chi connectivity index (χ1) is 10.2. The maximum Gasteiger partial charge on any atom is 0.231 e. The van der Waals surface area contributed by atoms with Crippen molar-refractivity contribution in [1.82, 2.24) is 10.2 Å². The largest absolute Gasteiger partial charge is 0.454 e. The summed E-state index contributed by atoms with van der Waals surface area (Å²) in [7, 11) is 0. The van der Waals surface area contributed by atoms with Gasteiger partial charge < -0.3 is 14.8 Å². The van der Waals surface area contributed by atoms with Crippen molar-refractivity contribution in [3.8, 4) is 11.5 Å². The first-order valence-electron chi connectivity index (χ1n) is 7.75. The lowest BCUT2D eigenvalue weighted by molar-refractivity contribution is 0.174. The van der Waals surface area contributed by atoms with Crippen LogP contribution in [0.3, 0.4) is 0 Å². The third-order valence-corrected chi connectivity index (χ3v) is 5.86. The lowest BCUT2D eigenvalue weighted by Gasteiger charge is -2.34. The van der Waals surface area contributed by atoms with Crippen molar-refractivity contribution < 1.29 is 9.47 Å². The molecule has 3 aliphatic heterocycles.